The fourth-order valence-electron chi connectivity index (χ4n) is 0.410. The van der Waals surface area contributed by atoms with E-state index in [4.69, 9.17) is 5.73 Å². The maximum absolute atomic E-state index is 5.20. The first-order chi connectivity index (χ1) is 3.43. The Hall–Kier alpha value is -0.830. The quantitative estimate of drug-likeness (QED) is 0.525. The predicted octanol–water partition coefficient (Wildman–Crippen LogP) is 0.114. The van der Waals surface area contributed by atoms with Crippen molar-refractivity contribution in [2.45, 2.75) is 6.54 Å². The van der Waals surface area contributed by atoms with Crippen LogP contribution in [-0.2, 0) is 6.54 Å². The monoisotopic (exact) mass is 99.1 g/mol. The van der Waals surface area contributed by atoms with Gasteiger partial charge in [0.15, 0.2) is 0 Å². The van der Waals surface area contributed by atoms with Crippen molar-refractivity contribution < 1.29 is 1.43 Å². The third kappa shape index (κ3) is 0.778. The van der Waals surface area contributed by atoms with Gasteiger partial charge in [-0.3, -0.25) is 0 Å². The Morgan fingerprint density at radius 1 is 2.00 bits per heavy atom. The summed E-state index contributed by atoms with van der Waals surface area (Å²) in [5.74, 6) is 0.833. The third-order valence-corrected chi connectivity index (χ3v) is 0.748. The number of imidazole rings is 1. The lowest BCUT2D eigenvalue weighted by atomic mass is 10.6. The molecule has 1 rings (SSSR count). The molecular formula is C4H9N3. The van der Waals surface area contributed by atoms with E-state index in [9.17, 15) is 0 Å². The molecule has 3 N–H and O–H groups in total. The summed E-state index contributed by atoms with van der Waals surface area (Å²) in [6, 6.07) is 0. The normalized spacial score (nSPS) is 9.29. The highest BCUT2D eigenvalue weighted by Gasteiger charge is 1.82. The molecular weight excluding hydrogens is 90.1 g/mol. The molecule has 0 radical (unpaired) electrons. The minimum Gasteiger partial charge on any atom is -0.348 e. The van der Waals surface area contributed by atoms with Gasteiger partial charge in [0.1, 0.15) is 5.82 Å². The molecule has 0 spiro atoms. The van der Waals surface area contributed by atoms with Gasteiger partial charge >= 0.3 is 0 Å². The van der Waals surface area contributed by atoms with Crippen LogP contribution in [0.25, 0.3) is 0 Å². The van der Waals surface area contributed by atoms with E-state index in [-0.39, 0.29) is 1.43 Å². The van der Waals surface area contributed by atoms with Gasteiger partial charge in [0.2, 0.25) is 0 Å². The first-order valence-electron chi connectivity index (χ1n) is 2.12. The summed E-state index contributed by atoms with van der Waals surface area (Å²) < 4.78 is 0. The second kappa shape index (κ2) is 1.75. The fraction of sp³-hybridized carbons (Fsp3) is 0.250. The molecule has 0 unspecified atom stereocenters. The highest BCUT2D eigenvalue weighted by molar-refractivity contribution is 4.84. The number of hydrogen-bond acceptors (Lipinski definition) is 2. The van der Waals surface area contributed by atoms with E-state index in [1.54, 1.807) is 12.4 Å². The van der Waals surface area contributed by atoms with Crippen molar-refractivity contribution in [3.05, 3.63) is 18.2 Å². The molecule has 0 bridgehead atoms. The molecule has 3 nitrogen and oxygen atoms in total. The van der Waals surface area contributed by atoms with Gasteiger partial charge in [-0.1, -0.05) is 0 Å². The standard InChI is InChI=1S/C4H7N3.H2/c5-3-4-6-1-2-7-4;/h1-2H,3,5H2,(H,6,7);1H. The van der Waals surface area contributed by atoms with Crippen LogP contribution >= 0.6 is 0 Å². The number of nitrogens with zero attached hydrogens (tertiary/aromatic N) is 1. The maximum Gasteiger partial charge on any atom is 0.119 e. The van der Waals surface area contributed by atoms with E-state index in [0.717, 1.165) is 5.82 Å². The van der Waals surface area contributed by atoms with Crippen LogP contribution in [0.1, 0.15) is 7.25 Å². The Morgan fingerprint density at radius 3 is 3.14 bits per heavy atom. The van der Waals surface area contributed by atoms with E-state index in [0.29, 0.717) is 6.54 Å². The molecule has 0 fully saturated rings. The second-order valence-corrected chi connectivity index (χ2v) is 1.24. The summed E-state index contributed by atoms with van der Waals surface area (Å²) in [4.78, 5) is 6.70. The van der Waals surface area contributed by atoms with Gasteiger partial charge in [-0.25, -0.2) is 4.98 Å². The van der Waals surface area contributed by atoms with Gasteiger partial charge in [0.25, 0.3) is 0 Å². The number of aromatic amines is 1. The molecule has 1 heterocycles. The highest BCUT2D eigenvalue weighted by atomic mass is 14.9. The molecule has 0 aliphatic heterocycles. The van der Waals surface area contributed by atoms with Gasteiger partial charge in [-0.2, -0.15) is 0 Å². The largest absolute Gasteiger partial charge is 0.348 e. The first kappa shape index (κ1) is 4.33. The minimum atomic E-state index is 0. The van der Waals surface area contributed by atoms with Crippen LogP contribution in [0, 0.1) is 0 Å². The van der Waals surface area contributed by atoms with Gasteiger partial charge in [-0.15, -0.1) is 0 Å². The van der Waals surface area contributed by atoms with Crippen LogP contribution in [0.5, 0.6) is 0 Å². The van der Waals surface area contributed by atoms with Crippen LogP contribution in [0.15, 0.2) is 12.4 Å². The average Bonchev–Trinajstić information content (AvgIpc) is 2.14. The van der Waals surface area contributed by atoms with Crippen LogP contribution in [0.4, 0.5) is 0 Å². The summed E-state index contributed by atoms with van der Waals surface area (Å²) in [6.07, 6.45) is 3.43. The van der Waals surface area contributed by atoms with Crippen molar-refractivity contribution in [1.29, 1.82) is 0 Å². The molecule has 0 saturated heterocycles. The summed E-state index contributed by atoms with van der Waals surface area (Å²) in [5, 5.41) is 0. The molecule has 0 aromatic carbocycles. The van der Waals surface area contributed by atoms with Gasteiger partial charge < -0.3 is 10.7 Å². The lowest BCUT2D eigenvalue weighted by Gasteiger charge is -1.80. The van der Waals surface area contributed by atoms with Crippen molar-refractivity contribution in [3.63, 3.8) is 0 Å². The molecule has 1 aromatic heterocycles. The van der Waals surface area contributed by atoms with E-state index < -0.39 is 0 Å². The van der Waals surface area contributed by atoms with E-state index in [1.807, 2.05) is 0 Å². The maximum atomic E-state index is 5.20. The molecule has 0 atom stereocenters. The number of nitrogens with two attached hydrogens (primary N) is 1. The summed E-state index contributed by atoms with van der Waals surface area (Å²) in [6.45, 7) is 0.493. The molecule has 0 saturated carbocycles. The minimum absolute atomic E-state index is 0. The van der Waals surface area contributed by atoms with Crippen molar-refractivity contribution in [1.82, 2.24) is 9.97 Å². The smallest absolute Gasteiger partial charge is 0.119 e. The number of aromatic nitrogens is 2. The lowest BCUT2D eigenvalue weighted by Crippen LogP contribution is -1.97. The summed E-state index contributed by atoms with van der Waals surface area (Å²) >= 11 is 0. The molecule has 0 aliphatic carbocycles. The molecule has 7 heavy (non-hydrogen) atoms. The summed E-state index contributed by atoms with van der Waals surface area (Å²) in [5.41, 5.74) is 5.20. The van der Waals surface area contributed by atoms with Crippen LogP contribution < -0.4 is 5.73 Å². The number of hydrogen-bond donors (Lipinski definition) is 2. The summed E-state index contributed by atoms with van der Waals surface area (Å²) in [7, 11) is 0. The van der Waals surface area contributed by atoms with Crippen LogP contribution in [0.3, 0.4) is 0 Å². The second-order valence-electron chi connectivity index (χ2n) is 1.24. The molecule has 0 aliphatic rings. The third-order valence-electron chi connectivity index (χ3n) is 0.748. The predicted molar refractivity (Wildman–Crippen MR) is 28.6 cm³/mol. The average molecular weight is 99.1 g/mol. The Morgan fingerprint density at radius 2 is 2.86 bits per heavy atom. The fourth-order valence-corrected chi connectivity index (χ4v) is 0.410. The number of nitrogens with one attached hydrogen (secondary N) is 1. The van der Waals surface area contributed by atoms with Crippen molar-refractivity contribution in [3.8, 4) is 0 Å². The van der Waals surface area contributed by atoms with Crippen molar-refractivity contribution in [2.75, 3.05) is 0 Å². The lowest BCUT2D eigenvalue weighted by molar-refractivity contribution is 0.950. The van der Waals surface area contributed by atoms with Crippen molar-refractivity contribution in [2.24, 2.45) is 5.73 Å². The topological polar surface area (TPSA) is 54.7 Å². The van der Waals surface area contributed by atoms with E-state index in [2.05, 4.69) is 9.97 Å². The number of H-pyrrole nitrogens is 1. The first-order valence-corrected chi connectivity index (χ1v) is 2.12. The molecule has 40 valence electrons. The number of rotatable bonds is 1. The molecule has 3 heteroatoms. The Kier molecular flexibility index (Phi) is 1.08. The van der Waals surface area contributed by atoms with E-state index in [1.165, 1.54) is 0 Å². The molecule has 1 aromatic rings. The Labute approximate surface area is 43.0 Å². The van der Waals surface area contributed by atoms with Gasteiger partial charge in [0, 0.05) is 13.8 Å². The highest BCUT2D eigenvalue weighted by Crippen LogP contribution is 1.81. The molecule has 0 amide bonds. The van der Waals surface area contributed by atoms with Gasteiger partial charge in [-0.05, 0) is 0 Å². The Bertz CT molecular complexity index is 126. The van der Waals surface area contributed by atoms with Gasteiger partial charge in [0.05, 0.1) is 6.54 Å². The van der Waals surface area contributed by atoms with Crippen molar-refractivity contribution >= 4 is 0 Å². The van der Waals surface area contributed by atoms with E-state index >= 15 is 0 Å². The zero-order valence-corrected chi connectivity index (χ0v) is 3.89. The zero-order chi connectivity index (χ0) is 5.11. The zero-order valence-electron chi connectivity index (χ0n) is 3.89. The van der Waals surface area contributed by atoms with Crippen LogP contribution in [0.2, 0.25) is 0 Å². The van der Waals surface area contributed by atoms with Crippen LogP contribution in [-0.4, -0.2) is 9.97 Å². The SMILES string of the molecule is NCc1ncc[nH]1.[HH]. The Balaban J connectivity index is 0.000000490.